The van der Waals surface area contributed by atoms with Crippen molar-refractivity contribution in [3.63, 3.8) is 0 Å². The Morgan fingerprint density at radius 1 is 1.41 bits per heavy atom. The lowest BCUT2D eigenvalue weighted by Gasteiger charge is -2.26. The van der Waals surface area contributed by atoms with Gasteiger partial charge < -0.3 is 5.32 Å². The molecule has 96 valence electrons. The van der Waals surface area contributed by atoms with Gasteiger partial charge in [0, 0.05) is 10.9 Å². The fourth-order valence-corrected chi connectivity index (χ4v) is 4.73. The molecule has 2 heterocycles. The Kier molecular flexibility index (Phi) is 5.67. The van der Waals surface area contributed by atoms with Gasteiger partial charge in [0.1, 0.15) is 0 Å². The van der Waals surface area contributed by atoms with Crippen LogP contribution in [0.15, 0.2) is 12.1 Å². The maximum absolute atomic E-state index is 6.03. The minimum atomic E-state index is 0.505. The number of rotatable bonds is 5. The van der Waals surface area contributed by atoms with E-state index in [4.69, 9.17) is 11.6 Å². The average molecular weight is 290 g/mol. The molecule has 0 spiro atoms. The first-order valence-corrected chi connectivity index (χ1v) is 8.71. The van der Waals surface area contributed by atoms with E-state index in [1.165, 1.54) is 35.6 Å². The molecule has 17 heavy (non-hydrogen) atoms. The van der Waals surface area contributed by atoms with Crippen molar-refractivity contribution in [2.24, 2.45) is 5.92 Å². The maximum atomic E-state index is 6.03. The van der Waals surface area contributed by atoms with Gasteiger partial charge >= 0.3 is 0 Å². The molecule has 0 radical (unpaired) electrons. The van der Waals surface area contributed by atoms with Crippen LogP contribution in [0.5, 0.6) is 0 Å². The molecule has 1 fully saturated rings. The number of hydrogen-bond acceptors (Lipinski definition) is 3. The Bertz CT molecular complexity index is 334. The van der Waals surface area contributed by atoms with E-state index < -0.39 is 0 Å². The first-order valence-electron chi connectivity index (χ1n) is 6.36. The fraction of sp³-hybridized carbons (Fsp3) is 0.692. The zero-order chi connectivity index (χ0) is 12.1. The number of thioether (sulfide) groups is 1. The van der Waals surface area contributed by atoms with Crippen LogP contribution >= 0.6 is 34.7 Å². The van der Waals surface area contributed by atoms with Crippen molar-refractivity contribution in [2.75, 3.05) is 18.1 Å². The van der Waals surface area contributed by atoms with Crippen LogP contribution in [0.2, 0.25) is 4.34 Å². The summed E-state index contributed by atoms with van der Waals surface area (Å²) in [5, 5.41) is 3.60. The summed E-state index contributed by atoms with van der Waals surface area (Å²) in [6.07, 6.45) is 4.03. The summed E-state index contributed by atoms with van der Waals surface area (Å²) < 4.78 is 0.905. The van der Waals surface area contributed by atoms with E-state index in [0.717, 1.165) is 16.8 Å². The highest BCUT2D eigenvalue weighted by Crippen LogP contribution is 2.34. The lowest BCUT2D eigenvalue weighted by Crippen LogP contribution is -2.24. The Labute approximate surface area is 117 Å². The summed E-state index contributed by atoms with van der Waals surface area (Å²) in [6.45, 7) is 3.21. The normalized spacial score (nSPS) is 19.4. The number of thiophene rings is 1. The largest absolute Gasteiger partial charge is 0.310 e. The van der Waals surface area contributed by atoms with E-state index in [-0.39, 0.29) is 0 Å². The van der Waals surface area contributed by atoms with Crippen molar-refractivity contribution in [3.8, 4) is 0 Å². The first-order chi connectivity index (χ1) is 8.29. The van der Waals surface area contributed by atoms with Crippen LogP contribution in [0.25, 0.3) is 0 Å². The molecule has 1 unspecified atom stereocenters. The molecule has 4 heteroatoms. The van der Waals surface area contributed by atoms with Crippen molar-refractivity contribution in [2.45, 2.75) is 32.2 Å². The molecule has 1 aliphatic rings. The molecule has 1 nitrogen and oxygen atoms in total. The molecule has 0 amide bonds. The third kappa shape index (κ3) is 4.16. The third-order valence-corrected chi connectivity index (χ3v) is 5.69. The molecule has 0 saturated carbocycles. The lowest BCUT2D eigenvalue weighted by molar-refractivity contribution is 0.378. The van der Waals surface area contributed by atoms with E-state index >= 15 is 0 Å². The van der Waals surface area contributed by atoms with Gasteiger partial charge in [-0.25, -0.2) is 0 Å². The standard InChI is InChI=1S/C13H20ClNS2/c1-2-15-11(12-3-4-13(14)17-12)9-10-5-7-16-8-6-10/h3-4,10-11,15H,2,5-9H2,1H3. The monoisotopic (exact) mass is 289 g/mol. The fourth-order valence-electron chi connectivity index (χ4n) is 2.38. The Hall–Kier alpha value is 0.300. The summed E-state index contributed by atoms with van der Waals surface area (Å²) >= 11 is 9.86. The summed E-state index contributed by atoms with van der Waals surface area (Å²) in [7, 11) is 0. The Balaban J connectivity index is 1.96. The van der Waals surface area contributed by atoms with E-state index in [9.17, 15) is 0 Å². The second kappa shape index (κ2) is 7.03. The molecule has 1 saturated heterocycles. The summed E-state index contributed by atoms with van der Waals surface area (Å²) in [6, 6.07) is 4.70. The second-order valence-corrected chi connectivity index (χ2v) is 7.51. The van der Waals surface area contributed by atoms with Gasteiger partial charge in [-0.3, -0.25) is 0 Å². The van der Waals surface area contributed by atoms with Gasteiger partial charge in [0.25, 0.3) is 0 Å². The highest BCUT2D eigenvalue weighted by Gasteiger charge is 2.20. The Morgan fingerprint density at radius 2 is 2.18 bits per heavy atom. The van der Waals surface area contributed by atoms with Gasteiger partial charge in [0.15, 0.2) is 0 Å². The molecule has 1 aromatic heterocycles. The molecular weight excluding hydrogens is 270 g/mol. The van der Waals surface area contributed by atoms with Gasteiger partial charge in [-0.2, -0.15) is 11.8 Å². The number of halogens is 1. The van der Waals surface area contributed by atoms with E-state index in [1.807, 2.05) is 6.07 Å². The average Bonchev–Trinajstić information content (AvgIpc) is 2.77. The van der Waals surface area contributed by atoms with Crippen molar-refractivity contribution in [1.29, 1.82) is 0 Å². The zero-order valence-electron chi connectivity index (χ0n) is 10.2. The van der Waals surface area contributed by atoms with Gasteiger partial charge in [-0.05, 0) is 55.4 Å². The van der Waals surface area contributed by atoms with Gasteiger partial charge in [0.05, 0.1) is 4.34 Å². The quantitative estimate of drug-likeness (QED) is 0.851. The van der Waals surface area contributed by atoms with Crippen LogP contribution in [0.1, 0.15) is 37.1 Å². The van der Waals surface area contributed by atoms with Crippen LogP contribution in [0, 0.1) is 5.92 Å². The topological polar surface area (TPSA) is 12.0 Å². The first kappa shape index (κ1) is 13.7. The van der Waals surface area contributed by atoms with Crippen LogP contribution in [-0.4, -0.2) is 18.1 Å². The number of hydrogen-bond donors (Lipinski definition) is 1. The summed E-state index contributed by atoms with van der Waals surface area (Å²) in [5.74, 6) is 3.57. The molecule has 0 bridgehead atoms. The molecule has 1 aliphatic heterocycles. The van der Waals surface area contributed by atoms with Crippen LogP contribution < -0.4 is 5.32 Å². The van der Waals surface area contributed by atoms with Crippen molar-refractivity contribution in [3.05, 3.63) is 21.3 Å². The van der Waals surface area contributed by atoms with Crippen LogP contribution in [0.3, 0.4) is 0 Å². The second-order valence-electron chi connectivity index (χ2n) is 4.54. The van der Waals surface area contributed by atoms with Crippen molar-refractivity contribution < 1.29 is 0 Å². The minimum Gasteiger partial charge on any atom is -0.310 e. The van der Waals surface area contributed by atoms with Crippen LogP contribution in [0.4, 0.5) is 0 Å². The molecule has 0 aliphatic carbocycles. The zero-order valence-corrected chi connectivity index (χ0v) is 12.6. The highest BCUT2D eigenvalue weighted by molar-refractivity contribution is 7.99. The maximum Gasteiger partial charge on any atom is 0.0931 e. The van der Waals surface area contributed by atoms with E-state index in [2.05, 4.69) is 30.1 Å². The predicted octanol–water partition coefficient (Wildman–Crippen LogP) is 4.59. The van der Waals surface area contributed by atoms with E-state index in [0.29, 0.717) is 6.04 Å². The lowest BCUT2D eigenvalue weighted by atomic mass is 9.93. The Morgan fingerprint density at radius 3 is 2.76 bits per heavy atom. The van der Waals surface area contributed by atoms with E-state index in [1.54, 1.807) is 11.3 Å². The van der Waals surface area contributed by atoms with Gasteiger partial charge in [-0.15, -0.1) is 11.3 Å². The smallest absolute Gasteiger partial charge is 0.0931 e. The highest BCUT2D eigenvalue weighted by atomic mass is 35.5. The van der Waals surface area contributed by atoms with Crippen molar-refractivity contribution >= 4 is 34.7 Å². The molecule has 1 aromatic rings. The number of nitrogens with one attached hydrogen (secondary N) is 1. The molecular formula is C13H20ClNS2. The molecule has 2 rings (SSSR count). The SMILES string of the molecule is CCNC(CC1CCSCC1)c1ccc(Cl)s1. The molecule has 1 atom stereocenters. The van der Waals surface area contributed by atoms with Gasteiger partial charge in [0.2, 0.25) is 0 Å². The molecule has 0 aromatic carbocycles. The van der Waals surface area contributed by atoms with Gasteiger partial charge in [-0.1, -0.05) is 18.5 Å². The summed E-state index contributed by atoms with van der Waals surface area (Å²) in [5.41, 5.74) is 0. The van der Waals surface area contributed by atoms with Crippen LogP contribution in [-0.2, 0) is 0 Å². The minimum absolute atomic E-state index is 0.505. The summed E-state index contributed by atoms with van der Waals surface area (Å²) in [4.78, 5) is 1.40. The van der Waals surface area contributed by atoms with Crippen molar-refractivity contribution in [1.82, 2.24) is 5.32 Å². The third-order valence-electron chi connectivity index (χ3n) is 3.30. The predicted molar refractivity (Wildman–Crippen MR) is 80.4 cm³/mol. The molecule has 1 N–H and O–H groups in total.